The Bertz CT molecular complexity index is 500. The number of benzene rings is 1. The van der Waals surface area contributed by atoms with Gasteiger partial charge in [-0.1, -0.05) is 57.0 Å². The third-order valence-electron chi connectivity index (χ3n) is 2.85. The van der Waals surface area contributed by atoms with Gasteiger partial charge < -0.3 is 4.90 Å². The Balaban J connectivity index is 2.81. The number of hydrogen-bond donors (Lipinski definition) is 0. The molecule has 0 aliphatic heterocycles. The van der Waals surface area contributed by atoms with Crippen LogP contribution in [0.4, 0.5) is 0 Å². The average molecular weight is 328 g/mol. The van der Waals surface area contributed by atoms with E-state index in [1.54, 1.807) is 24.3 Å². The molecule has 0 fully saturated rings. The summed E-state index contributed by atoms with van der Waals surface area (Å²) in [5.74, 6) is 0.906. The fourth-order valence-electron chi connectivity index (χ4n) is 2.04. The fourth-order valence-corrected chi connectivity index (χ4v) is 2.51. The Kier molecular flexibility index (Phi) is 7.27. The van der Waals surface area contributed by atoms with Crippen molar-refractivity contribution in [1.82, 2.24) is 4.90 Å². The third-order valence-corrected chi connectivity index (χ3v) is 3.41. The summed E-state index contributed by atoms with van der Waals surface area (Å²) in [5, 5.41) is 1.13. The van der Waals surface area contributed by atoms with Gasteiger partial charge in [-0.25, -0.2) is 0 Å². The third kappa shape index (κ3) is 6.54. The van der Waals surface area contributed by atoms with Crippen LogP contribution in [0.2, 0.25) is 10.0 Å². The lowest BCUT2D eigenvalue weighted by Crippen LogP contribution is -2.35. The summed E-state index contributed by atoms with van der Waals surface area (Å²) in [4.78, 5) is 14.2. The van der Waals surface area contributed by atoms with Crippen molar-refractivity contribution in [3.63, 3.8) is 0 Å². The molecule has 116 valence electrons. The van der Waals surface area contributed by atoms with Crippen molar-refractivity contribution in [1.29, 1.82) is 0 Å². The topological polar surface area (TPSA) is 20.3 Å². The highest BCUT2D eigenvalue weighted by Crippen LogP contribution is 2.22. The van der Waals surface area contributed by atoms with Gasteiger partial charge in [-0.15, -0.1) is 0 Å². The molecule has 0 aliphatic rings. The van der Waals surface area contributed by atoms with Crippen LogP contribution in [-0.4, -0.2) is 23.9 Å². The maximum atomic E-state index is 12.3. The van der Waals surface area contributed by atoms with E-state index in [-0.39, 0.29) is 5.91 Å². The van der Waals surface area contributed by atoms with E-state index in [1.165, 1.54) is 0 Å². The number of carbonyl (C=O) groups is 1. The zero-order valence-electron chi connectivity index (χ0n) is 13.1. The molecule has 1 amide bonds. The largest absolute Gasteiger partial charge is 0.339 e. The van der Waals surface area contributed by atoms with Crippen molar-refractivity contribution >= 4 is 35.2 Å². The predicted octanol–water partition coefficient (Wildman–Crippen LogP) is 5.15. The van der Waals surface area contributed by atoms with E-state index < -0.39 is 0 Å². The molecule has 0 bridgehead atoms. The summed E-state index contributed by atoms with van der Waals surface area (Å²) in [6.07, 6.45) is 3.33. The molecule has 4 heteroatoms. The molecule has 0 saturated carbocycles. The minimum Gasteiger partial charge on any atom is -0.339 e. The normalized spacial score (nSPS) is 11.6. The minimum atomic E-state index is 0.0171. The maximum absolute atomic E-state index is 12.3. The predicted molar refractivity (Wildman–Crippen MR) is 91.8 cm³/mol. The summed E-state index contributed by atoms with van der Waals surface area (Å²) in [6.45, 7) is 9.97. The average Bonchev–Trinajstić information content (AvgIpc) is 2.35. The number of rotatable bonds is 6. The molecule has 0 aromatic heterocycles. The van der Waals surface area contributed by atoms with Crippen LogP contribution in [0.3, 0.4) is 0 Å². The van der Waals surface area contributed by atoms with Crippen LogP contribution in [0.1, 0.15) is 33.3 Å². The molecule has 0 aliphatic carbocycles. The van der Waals surface area contributed by atoms with Crippen LogP contribution in [0, 0.1) is 11.8 Å². The minimum absolute atomic E-state index is 0.0171. The van der Waals surface area contributed by atoms with Gasteiger partial charge in [0.1, 0.15) is 0 Å². The van der Waals surface area contributed by atoms with Gasteiger partial charge in [-0.3, -0.25) is 4.79 Å². The quantitative estimate of drug-likeness (QED) is 0.662. The van der Waals surface area contributed by atoms with E-state index >= 15 is 0 Å². The van der Waals surface area contributed by atoms with Gasteiger partial charge >= 0.3 is 0 Å². The second-order valence-electron chi connectivity index (χ2n) is 6.03. The SMILES string of the molecule is CC(C)CN(CC(C)C)C(=O)C=Cc1ccc(Cl)cc1Cl. The molecule has 21 heavy (non-hydrogen) atoms. The molecule has 0 atom stereocenters. The number of halogens is 2. The monoisotopic (exact) mass is 327 g/mol. The van der Waals surface area contributed by atoms with Crippen LogP contribution in [0.5, 0.6) is 0 Å². The second-order valence-corrected chi connectivity index (χ2v) is 6.87. The summed E-state index contributed by atoms with van der Waals surface area (Å²) in [7, 11) is 0. The summed E-state index contributed by atoms with van der Waals surface area (Å²) in [6, 6.07) is 5.24. The molecule has 0 heterocycles. The zero-order valence-corrected chi connectivity index (χ0v) is 14.6. The first kappa shape index (κ1) is 18.1. The van der Waals surface area contributed by atoms with Crippen molar-refractivity contribution < 1.29 is 4.79 Å². The first-order chi connectivity index (χ1) is 9.79. The zero-order chi connectivity index (χ0) is 16.0. The maximum Gasteiger partial charge on any atom is 0.246 e. The first-order valence-corrected chi connectivity index (χ1v) is 7.97. The first-order valence-electron chi connectivity index (χ1n) is 7.21. The van der Waals surface area contributed by atoms with E-state index in [0.29, 0.717) is 21.9 Å². The second kappa shape index (κ2) is 8.45. The van der Waals surface area contributed by atoms with E-state index in [1.807, 2.05) is 11.0 Å². The van der Waals surface area contributed by atoms with E-state index in [0.717, 1.165) is 18.7 Å². The highest BCUT2D eigenvalue weighted by molar-refractivity contribution is 6.35. The molecular weight excluding hydrogens is 305 g/mol. The lowest BCUT2D eigenvalue weighted by molar-refractivity contribution is -0.127. The van der Waals surface area contributed by atoms with E-state index in [4.69, 9.17) is 23.2 Å². The highest BCUT2D eigenvalue weighted by atomic mass is 35.5. The molecule has 0 N–H and O–H groups in total. The van der Waals surface area contributed by atoms with Crippen molar-refractivity contribution in [3.05, 3.63) is 39.9 Å². The lowest BCUT2D eigenvalue weighted by atomic mass is 10.1. The van der Waals surface area contributed by atoms with Gasteiger partial charge in [0.2, 0.25) is 5.91 Å². The Labute approximate surface area is 137 Å². The smallest absolute Gasteiger partial charge is 0.246 e. The van der Waals surface area contributed by atoms with Crippen LogP contribution in [-0.2, 0) is 4.79 Å². The molecular formula is C17H23Cl2NO. The molecule has 1 rings (SSSR count). The fraction of sp³-hybridized carbons (Fsp3) is 0.471. The van der Waals surface area contributed by atoms with Crippen LogP contribution >= 0.6 is 23.2 Å². The lowest BCUT2D eigenvalue weighted by Gasteiger charge is -2.25. The van der Waals surface area contributed by atoms with E-state index in [9.17, 15) is 4.79 Å². The van der Waals surface area contributed by atoms with Gasteiger partial charge in [0.05, 0.1) is 0 Å². The highest BCUT2D eigenvalue weighted by Gasteiger charge is 2.13. The molecule has 2 nitrogen and oxygen atoms in total. The standard InChI is InChI=1S/C17H23Cl2NO/c1-12(2)10-20(11-13(3)4)17(21)8-6-14-5-7-15(18)9-16(14)19/h5-9,12-13H,10-11H2,1-4H3. The molecule has 0 radical (unpaired) electrons. The Hall–Kier alpha value is -0.990. The molecule has 1 aromatic carbocycles. The summed E-state index contributed by atoms with van der Waals surface area (Å²) >= 11 is 12.0. The van der Waals surface area contributed by atoms with Gasteiger partial charge in [0, 0.05) is 29.2 Å². The van der Waals surface area contributed by atoms with Crippen molar-refractivity contribution in [3.8, 4) is 0 Å². The molecule has 0 unspecified atom stereocenters. The van der Waals surface area contributed by atoms with Crippen molar-refractivity contribution in [2.75, 3.05) is 13.1 Å². The Morgan fingerprint density at radius 2 is 1.71 bits per heavy atom. The molecule has 1 aromatic rings. The number of amides is 1. The van der Waals surface area contributed by atoms with Gasteiger partial charge in [0.25, 0.3) is 0 Å². The van der Waals surface area contributed by atoms with Crippen LogP contribution in [0.25, 0.3) is 6.08 Å². The summed E-state index contributed by atoms with van der Waals surface area (Å²) in [5.41, 5.74) is 0.795. The van der Waals surface area contributed by atoms with Crippen molar-refractivity contribution in [2.45, 2.75) is 27.7 Å². The van der Waals surface area contributed by atoms with Gasteiger partial charge in [0.15, 0.2) is 0 Å². The van der Waals surface area contributed by atoms with Gasteiger partial charge in [-0.2, -0.15) is 0 Å². The number of carbonyl (C=O) groups excluding carboxylic acids is 1. The van der Waals surface area contributed by atoms with Gasteiger partial charge in [-0.05, 0) is 35.6 Å². The number of nitrogens with zero attached hydrogens (tertiary/aromatic N) is 1. The number of hydrogen-bond acceptors (Lipinski definition) is 1. The van der Waals surface area contributed by atoms with E-state index in [2.05, 4.69) is 27.7 Å². The van der Waals surface area contributed by atoms with Crippen LogP contribution in [0.15, 0.2) is 24.3 Å². The van der Waals surface area contributed by atoms with Crippen LogP contribution < -0.4 is 0 Å². The van der Waals surface area contributed by atoms with Crippen molar-refractivity contribution in [2.24, 2.45) is 11.8 Å². The Morgan fingerprint density at radius 3 is 2.19 bits per heavy atom. The summed E-state index contributed by atoms with van der Waals surface area (Å²) < 4.78 is 0. The molecule has 0 spiro atoms. The Morgan fingerprint density at radius 1 is 1.14 bits per heavy atom. The molecule has 0 saturated heterocycles.